The Labute approximate surface area is 342 Å². The number of aliphatic hydroxyl groups is 1. The quantitative estimate of drug-likeness (QED) is 0.182. The number of hydrogen-bond acceptors (Lipinski definition) is 11. The van der Waals surface area contributed by atoms with Crippen molar-refractivity contribution in [3.63, 3.8) is 0 Å². The van der Waals surface area contributed by atoms with E-state index >= 15 is 0 Å². The number of hydroxylamine groups is 2. The molecule has 5 N–H and O–H groups in total. The van der Waals surface area contributed by atoms with E-state index in [1.165, 1.54) is 16.2 Å². The van der Waals surface area contributed by atoms with Gasteiger partial charge in [0.1, 0.15) is 17.8 Å². The number of aromatic nitrogens is 1. The van der Waals surface area contributed by atoms with Gasteiger partial charge in [-0.25, -0.2) is 4.98 Å². The Bertz CT molecular complexity index is 1870. The number of nitrogens with zero attached hydrogens (tertiary/aromatic N) is 4. The lowest BCUT2D eigenvalue weighted by Crippen LogP contribution is -2.56. The Kier molecular flexibility index (Phi) is 14.1. The van der Waals surface area contributed by atoms with Gasteiger partial charge in [-0.3, -0.25) is 19.2 Å². The number of carbonyl (C=O) groups is 3. The van der Waals surface area contributed by atoms with Crippen LogP contribution in [0.4, 0.5) is 5.69 Å². The summed E-state index contributed by atoms with van der Waals surface area (Å²) >= 11 is 1.43. The first-order chi connectivity index (χ1) is 26.9. The van der Waals surface area contributed by atoms with Crippen molar-refractivity contribution in [1.82, 2.24) is 25.6 Å². The summed E-state index contributed by atoms with van der Waals surface area (Å²) in [5.41, 5.74) is 12.1. The number of hydrogen-bond donors (Lipinski definition) is 4. The Hall–Kier alpha value is -4.08. The molecule has 0 radical (unpaired) electrons. The van der Waals surface area contributed by atoms with Crippen LogP contribution in [0.5, 0.6) is 5.75 Å². The lowest BCUT2D eigenvalue weighted by atomic mass is 9.58. The molecule has 9 atom stereocenters. The van der Waals surface area contributed by atoms with Crippen LogP contribution in [0.1, 0.15) is 69.6 Å². The van der Waals surface area contributed by atoms with E-state index in [1.54, 1.807) is 50.8 Å². The molecular weight excluding hydrogens is 743 g/mol. The van der Waals surface area contributed by atoms with E-state index in [4.69, 9.17) is 15.3 Å². The smallest absolute Gasteiger partial charge is 0.252 e. The molecule has 2 heterocycles. The van der Waals surface area contributed by atoms with E-state index in [-0.39, 0.29) is 48.7 Å². The summed E-state index contributed by atoms with van der Waals surface area (Å²) in [5, 5.41) is 20.9. The minimum atomic E-state index is -0.861. The van der Waals surface area contributed by atoms with E-state index in [2.05, 4.69) is 50.2 Å². The number of anilines is 1. The Morgan fingerprint density at radius 3 is 2.46 bits per heavy atom. The van der Waals surface area contributed by atoms with Crippen molar-refractivity contribution in [3.05, 3.63) is 64.1 Å². The SMILES string of the molecule is COc1c(CN2O[C@@H](CN)[C@@H]([C@H](C)O)[C@H]2C(=O)N[C@H]2C[C@@H](C)C(C)(C)[C@@H](C)[C@@H]2C)cccc1-c1cc(C(=O)N[C@@H](Cc2cscn2)C(=O)N(C)C)cc(N(C)C)c1. The third-order valence-corrected chi connectivity index (χ3v) is 13.4. The molecule has 0 bridgehead atoms. The van der Waals surface area contributed by atoms with E-state index < -0.39 is 36.1 Å². The van der Waals surface area contributed by atoms with Crippen LogP contribution in [-0.4, -0.2) is 110 Å². The van der Waals surface area contributed by atoms with Gasteiger partial charge < -0.3 is 36.0 Å². The zero-order valence-corrected chi connectivity index (χ0v) is 36.2. The highest BCUT2D eigenvalue weighted by atomic mass is 32.1. The molecule has 1 saturated carbocycles. The first-order valence-electron chi connectivity index (χ1n) is 19.9. The molecule has 14 heteroatoms. The van der Waals surface area contributed by atoms with Gasteiger partial charge in [-0.1, -0.05) is 52.8 Å². The summed E-state index contributed by atoms with van der Waals surface area (Å²) in [6, 6.07) is 9.64. The van der Waals surface area contributed by atoms with Crippen LogP contribution in [0.2, 0.25) is 0 Å². The fourth-order valence-corrected chi connectivity index (χ4v) is 9.13. The van der Waals surface area contributed by atoms with Crippen LogP contribution in [0.3, 0.4) is 0 Å². The van der Waals surface area contributed by atoms with E-state index in [0.717, 1.165) is 34.5 Å². The molecule has 1 aromatic heterocycles. The largest absolute Gasteiger partial charge is 0.496 e. The number of benzene rings is 2. The molecule has 3 aromatic rings. The summed E-state index contributed by atoms with van der Waals surface area (Å²) in [7, 11) is 8.70. The molecule has 5 rings (SSSR count). The van der Waals surface area contributed by atoms with Gasteiger partial charge in [0, 0.05) is 80.9 Å². The number of amides is 3. The normalized spacial score (nSPS) is 25.7. The number of thiazole rings is 1. The van der Waals surface area contributed by atoms with Crippen molar-refractivity contribution < 1.29 is 29.1 Å². The van der Waals surface area contributed by atoms with Crippen molar-refractivity contribution in [2.75, 3.05) is 46.7 Å². The van der Waals surface area contributed by atoms with E-state index in [9.17, 15) is 19.5 Å². The van der Waals surface area contributed by atoms with Crippen molar-refractivity contribution in [1.29, 1.82) is 0 Å². The van der Waals surface area contributed by atoms with Crippen molar-refractivity contribution in [3.8, 4) is 16.9 Å². The molecule has 2 aliphatic rings. The average Bonchev–Trinajstić information content (AvgIpc) is 3.83. The second kappa shape index (κ2) is 18.2. The number of aliphatic hydroxyl groups excluding tert-OH is 1. The number of rotatable bonds is 14. The van der Waals surface area contributed by atoms with Crippen molar-refractivity contribution in [2.24, 2.45) is 34.8 Å². The number of likely N-dealkylation sites (N-methyl/N-ethyl adjacent to an activating group) is 1. The molecule has 312 valence electrons. The number of para-hydroxylation sites is 1. The molecular formula is C43H63N7O6S. The lowest BCUT2D eigenvalue weighted by Gasteiger charge is -2.50. The number of nitrogens with two attached hydrogens (primary N) is 1. The zero-order valence-electron chi connectivity index (χ0n) is 35.4. The molecule has 2 aromatic carbocycles. The van der Waals surface area contributed by atoms with Crippen LogP contribution >= 0.6 is 11.3 Å². The zero-order chi connectivity index (χ0) is 41.9. The minimum absolute atomic E-state index is 0.0271. The second-order valence-electron chi connectivity index (χ2n) is 17.0. The Morgan fingerprint density at radius 2 is 1.86 bits per heavy atom. The van der Waals surface area contributed by atoms with Gasteiger partial charge in [0.25, 0.3) is 5.91 Å². The molecule has 2 fully saturated rings. The van der Waals surface area contributed by atoms with Gasteiger partial charge >= 0.3 is 0 Å². The predicted molar refractivity (Wildman–Crippen MR) is 225 cm³/mol. The maximum absolute atomic E-state index is 14.4. The lowest BCUT2D eigenvalue weighted by molar-refractivity contribution is -0.174. The van der Waals surface area contributed by atoms with Crippen molar-refractivity contribution in [2.45, 2.75) is 91.3 Å². The fourth-order valence-electron chi connectivity index (χ4n) is 8.56. The molecule has 1 saturated heterocycles. The van der Waals surface area contributed by atoms with Crippen LogP contribution in [-0.2, 0) is 27.4 Å². The summed E-state index contributed by atoms with van der Waals surface area (Å²) < 4.78 is 6.10. The number of methoxy groups -OCH3 is 1. The Morgan fingerprint density at radius 1 is 1.14 bits per heavy atom. The van der Waals surface area contributed by atoms with Gasteiger partial charge in [0.2, 0.25) is 11.8 Å². The molecule has 1 aliphatic heterocycles. The average molecular weight is 806 g/mol. The van der Waals surface area contributed by atoms with Gasteiger partial charge in [-0.15, -0.1) is 11.3 Å². The van der Waals surface area contributed by atoms with Gasteiger partial charge in [-0.2, -0.15) is 5.06 Å². The highest BCUT2D eigenvalue weighted by molar-refractivity contribution is 7.07. The van der Waals surface area contributed by atoms with Gasteiger partial charge in [0.15, 0.2) is 0 Å². The van der Waals surface area contributed by atoms with Crippen LogP contribution in [0, 0.1) is 29.1 Å². The summed E-state index contributed by atoms with van der Waals surface area (Å²) in [6.07, 6.45) is -0.318. The summed E-state index contributed by atoms with van der Waals surface area (Å²) in [6.45, 7) is 13.3. The first kappa shape index (κ1) is 44.0. The number of ether oxygens (including phenoxy) is 1. The predicted octanol–water partition coefficient (Wildman–Crippen LogP) is 4.58. The number of nitrogens with one attached hydrogen (secondary N) is 2. The fraction of sp³-hybridized carbons (Fsp3) is 0.581. The summed E-state index contributed by atoms with van der Waals surface area (Å²) in [5.74, 6) is 0.200. The first-order valence-corrected chi connectivity index (χ1v) is 20.8. The molecule has 3 amide bonds. The number of carbonyl (C=O) groups excluding carboxylic acids is 3. The molecule has 0 unspecified atom stereocenters. The molecule has 57 heavy (non-hydrogen) atoms. The monoisotopic (exact) mass is 805 g/mol. The summed E-state index contributed by atoms with van der Waals surface area (Å²) in [4.78, 5) is 55.7. The topological polar surface area (TPSA) is 163 Å². The van der Waals surface area contributed by atoms with Gasteiger partial charge in [0.05, 0.1) is 37.1 Å². The van der Waals surface area contributed by atoms with Gasteiger partial charge in [-0.05, 0) is 60.3 Å². The standard InChI is InChI=1S/C43H63N7O6S/c1-24-15-34(25(2)26(3)43(24,5)6)46-41(53)38-37(27(4)51)36(20-44)56-50(38)21-28-13-12-14-33(39(28)55-11)29-16-30(18-32(17-29)48(7)8)40(52)47-35(42(54)49(9)10)19-31-22-57-23-45-31/h12-14,16-18,22-27,34-38,51H,15,19-21,44H2,1-11H3,(H,46,53)(H,47,52)/t24-,25+,26+,27+,34+,35+,36+,37-,38+/m1/s1. The molecule has 13 nitrogen and oxygen atoms in total. The van der Waals surface area contributed by atoms with Crippen LogP contribution in [0.25, 0.3) is 11.1 Å². The Balaban J connectivity index is 1.47. The van der Waals surface area contributed by atoms with Crippen LogP contribution in [0.15, 0.2) is 47.3 Å². The van der Waals surface area contributed by atoms with E-state index in [1.807, 2.05) is 48.6 Å². The third-order valence-electron chi connectivity index (χ3n) is 12.8. The molecule has 0 spiro atoms. The molecule has 1 aliphatic carbocycles. The maximum atomic E-state index is 14.4. The minimum Gasteiger partial charge on any atom is -0.496 e. The van der Waals surface area contributed by atoms with E-state index in [0.29, 0.717) is 23.1 Å². The maximum Gasteiger partial charge on any atom is 0.252 e. The highest BCUT2D eigenvalue weighted by Crippen LogP contribution is 2.47. The third kappa shape index (κ3) is 9.46. The second-order valence-corrected chi connectivity index (χ2v) is 17.8. The highest BCUT2D eigenvalue weighted by Gasteiger charge is 2.51. The van der Waals surface area contributed by atoms with Crippen molar-refractivity contribution >= 4 is 34.7 Å². The van der Waals surface area contributed by atoms with Crippen LogP contribution < -0.4 is 26.0 Å².